The first-order valence-electron chi connectivity index (χ1n) is 9.68. The number of aryl methyl sites for hydroxylation is 1. The second kappa shape index (κ2) is 9.19. The van der Waals surface area contributed by atoms with Gasteiger partial charge in [0, 0.05) is 25.3 Å². The molecule has 9 heteroatoms. The molecule has 32 heavy (non-hydrogen) atoms. The van der Waals surface area contributed by atoms with Gasteiger partial charge in [-0.25, -0.2) is 18.7 Å². The van der Waals surface area contributed by atoms with Gasteiger partial charge in [-0.2, -0.15) is 0 Å². The first-order valence-corrected chi connectivity index (χ1v) is 10.5. The highest BCUT2D eigenvalue weighted by atomic mass is 32.1. The quantitative estimate of drug-likeness (QED) is 0.373. The van der Waals surface area contributed by atoms with E-state index in [1.54, 1.807) is 0 Å². The minimum absolute atomic E-state index is 0.00929. The van der Waals surface area contributed by atoms with E-state index >= 15 is 0 Å². The number of hydrogen-bond acceptors (Lipinski definition) is 6. The minimum Gasteiger partial charge on any atom is -0.441 e. The smallest absolute Gasteiger partial charge is 0.226 e. The van der Waals surface area contributed by atoms with Crippen molar-refractivity contribution in [2.75, 3.05) is 5.32 Å². The van der Waals surface area contributed by atoms with E-state index < -0.39 is 11.6 Å². The van der Waals surface area contributed by atoms with E-state index in [1.165, 1.54) is 19.2 Å². The van der Waals surface area contributed by atoms with Crippen molar-refractivity contribution < 1.29 is 22.8 Å². The summed E-state index contributed by atoms with van der Waals surface area (Å²) in [7, 11) is 0. The van der Waals surface area contributed by atoms with Crippen molar-refractivity contribution in [2.24, 2.45) is 0 Å². The summed E-state index contributed by atoms with van der Waals surface area (Å²) >= 11 is 1.10. The topological polar surface area (TPSA) is 85.1 Å². The minimum atomic E-state index is -0.760. The summed E-state index contributed by atoms with van der Waals surface area (Å²) in [5.74, 6) is -1.89. The second-order valence-electron chi connectivity index (χ2n) is 6.88. The van der Waals surface area contributed by atoms with Gasteiger partial charge in [0.25, 0.3) is 0 Å². The van der Waals surface area contributed by atoms with Gasteiger partial charge in [0.2, 0.25) is 5.91 Å². The summed E-state index contributed by atoms with van der Waals surface area (Å²) in [6, 6.07) is 12.7. The lowest BCUT2D eigenvalue weighted by molar-refractivity contribution is -0.116. The number of hydrogen-bond donors (Lipinski definition) is 1. The van der Waals surface area contributed by atoms with Crippen LogP contribution in [0.1, 0.15) is 28.9 Å². The zero-order chi connectivity index (χ0) is 22.7. The van der Waals surface area contributed by atoms with Crippen LogP contribution in [-0.4, -0.2) is 21.7 Å². The predicted molar refractivity (Wildman–Crippen MR) is 116 cm³/mol. The van der Waals surface area contributed by atoms with Crippen molar-refractivity contribution in [1.82, 2.24) is 9.97 Å². The molecule has 2 aromatic carbocycles. The van der Waals surface area contributed by atoms with E-state index in [-0.39, 0.29) is 41.7 Å². The fourth-order valence-electron chi connectivity index (χ4n) is 3.08. The number of benzene rings is 2. The number of ketones is 1. The van der Waals surface area contributed by atoms with Crippen LogP contribution in [0.3, 0.4) is 0 Å². The van der Waals surface area contributed by atoms with Gasteiger partial charge in [-0.05, 0) is 12.1 Å². The molecule has 2 heterocycles. The molecule has 162 valence electrons. The summed E-state index contributed by atoms with van der Waals surface area (Å²) in [5.41, 5.74) is 0.994. The maximum absolute atomic E-state index is 13.9. The standard InChI is InChI=1S/C23H17F2N3O3S/c1-13(29)22-21(14-6-3-2-4-7-14)28-23(32-22)27-18(30)10-11-19-26-12-17(31-19)20-15(24)8-5-9-16(20)25/h2-9,12H,10-11H2,1H3,(H,27,28,30). The average Bonchev–Trinajstić information content (AvgIpc) is 3.40. The third-order valence-corrected chi connectivity index (χ3v) is 5.64. The van der Waals surface area contributed by atoms with E-state index in [1.807, 2.05) is 30.3 Å². The van der Waals surface area contributed by atoms with Gasteiger partial charge >= 0.3 is 0 Å². The van der Waals surface area contributed by atoms with Crippen molar-refractivity contribution in [3.05, 3.63) is 77.1 Å². The van der Waals surface area contributed by atoms with E-state index in [9.17, 15) is 18.4 Å². The average molecular weight is 453 g/mol. The van der Waals surface area contributed by atoms with Crippen LogP contribution in [0.15, 0.2) is 59.1 Å². The summed E-state index contributed by atoms with van der Waals surface area (Å²) in [5, 5.41) is 2.99. The number of carbonyl (C=O) groups is 2. The van der Waals surface area contributed by atoms with Crippen LogP contribution >= 0.6 is 11.3 Å². The Morgan fingerprint density at radius 1 is 1.06 bits per heavy atom. The van der Waals surface area contributed by atoms with Crippen LogP contribution < -0.4 is 5.32 Å². The van der Waals surface area contributed by atoms with Crippen molar-refractivity contribution in [3.63, 3.8) is 0 Å². The predicted octanol–water partition coefficient (Wildman–Crippen LogP) is 5.52. The molecule has 0 radical (unpaired) electrons. The fourth-order valence-corrected chi connectivity index (χ4v) is 3.98. The number of thiazole rings is 1. The first kappa shape index (κ1) is 21.5. The molecular formula is C23H17F2N3O3S. The molecule has 0 fully saturated rings. The molecule has 1 N–H and O–H groups in total. The van der Waals surface area contributed by atoms with E-state index in [2.05, 4.69) is 15.3 Å². The summed E-state index contributed by atoms with van der Waals surface area (Å²) in [6.07, 6.45) is 1.36. The van der Waals surface area contributed by atoms with E-state index in [4.69, 9.17) is 4.42 Å². The second-order valence-corrected chi connectivity index (χ2v) is 7.88. The van der Waals surface area contributed by atoms with Crippen LogP contribution in [0.4, 0.5) is 13.9 Å². The van der Waals surface area contributed by atoms with E-state index in [0.717, 1.165) is 29.0 Å². The molecule has 6 nitrogen and oxygen atoms in total. The Kier molecular flexibility index (Phi) is 6.18. The van der Waals surface area contributed by atoms with Gasteiger partial charge in [-0.1, -0.05) is 47.7 Å². The molecule has 0 saturated carbocycles. The Bertz CT molecular complexity index is 1260. The Labute approximate surface area is 186 Å². The maximum Gasteiger partial charge on any atom is 0.226 e. The molecular weight excluding hydrogens is 436 g/mol. The van der Waals surface area contributed by atoms with Crippen LogP contribution in [0.2, 0.25) is 0 Å². The largest absolute Gasteiger partial charge is 0.441 e. The Morgan fingerprint density at radius 2 is 1.78 bits per heavy atom. The normalized spacial score (nSPS) is 10.8. The van der Waals surface area contributed by atoms with Gasteiger partial charge < -0.3 is 9.73 Å². The lowest BCUT2D eigenvalue weighted by atomic mass is 10.1. The number of nitrogens with one attached hydrogen (secondary N) is 1. The number of carbonyl (C=O) groups excluding carboxylic acids is 2. The highest BCUT2D eigenvalue weighted by Crippen LogP contribution is 2.32. The van der Waals surface area contributed by atoms with E-state index in [0.29, 0.717) is 15.7 Å². The van der Waals surface area contributed by atoms with Crippen LogP contribution in [-0.2, 0) is 11.2 Å². The number of anilines is 1. The molecule has 2 aromatic heterocycles. The molecule has 0 aliphatic rings. The number of oxazole rings is 1. The lowest BCUT2D eigenvalue weighted by Gasteiger charge is -2.01. The Hall–Kier alpha value is -3.72. The third-order valence-electron chi connectivity index (χ3n) is 4.57. The van der Waals surface area contributed by atoms with Crippen LogP contribution in [0.5, 0.6) is 0 Å². The maximum atomic E-state index is 13.9. The van der Waals surface area contributed by atoms with Crippen molar-refractivity contribution in [3.8, 4) is 22.6 Å². The van der Waals surface area contributed by atoms with Crippen LogP contribution in [0.25, 0.3) is 22.6 Å². The highest BCUT2D eigenvalue weighted by molar-refractivity contribution is 7.18. The molecule has 0 spiro atoms. The van der Waals surface area contributed by atoms with Crippen molar-refractivity contribution in [1.29, 1.82) is 0 Å². The number of rotatable bonds is 7. The lowest BCUT2D eigenvalue weighted by Crippen LogP contribution is -2.12. The zero-order valence-corrected chi connectivity index (χ0v) is 17.7. The SMILES string of the molecule is CC(=O)c1sc(NC(=O)CCc2ncc(-c3c(F)cccc3F)o2)nc1-c1ccccc1. The van der Waals surface area contributed by atoms with Gasteiger partial charge in [-0.3, -0.25) is 9.59 Å². The first-order chi connectivity index (χ1) is 15.4. The number of halogens is 2. The van der Waals surface area contributed by atoms with Gasteiger partial charge in [0.05, 0.1) is 22.3 Å². The van der Waals surface area contributed by atoms with Gasteiger partial charge in [0.15, 0.2) is 22.6 Å². The molecule has 0 atom stereocenters. The van der Waals surface area contributed by atoms with Gasteiger partial charge in [-0.15, -0.1) is 0 Å². The molecule has 0 saturated heterocycles. The molecule has 4 rings (SSSR count). The molecule has 0 unspecified atom stereocenters. The Balaban J connectivity index is 1.43. The van der Waals surface area contributed by atoms with Crippen molar-refractivity contribution >= 4 is 28.2 Å². The Morgan fingerprint density at radius 3 is 2.47 bits per heavy atom. The van der Waals surface area contributed by atoms with Crippen LogP contribution in [0, 0.1) is 11.6 Å². The molecule has 1 amide bonds. The number of Topliss-reactive ketones (excluding diaryl/α,β-unsaturated/α-hetero) is 1. The summed E-state index contributed by atoms with van der Waals surface area (Å²) < 4.78 is 33.2. The molecule has 0 aliphatic heterocycles. The summed E-state index contributed by atoms with van der Waals surface area (Å²) in [4.78, 5) is 33.2. The number of amides is 1. The number of aromatic nitrogens is 2. The highest BCUT2D eigenvalue weighted by Gasteiger charge is 2.19. The third kappa shape index (κ3) is 4.62. The summed E-state index contributed by atoms with van der Waals surface area (Å²) in [6.45, 7) is 1.45. The number of nitrogens with zero attached hydrogens (tertiary/aromatic N) is 2. The fraction of sp³-hybridized carbons (Fsp3) is 0.130. The molecule has 0 bridgehead atoms. The molecule has 4 aromatic rings. The van der Waals surface area contributed by atoms with Gasteiger partial charge in [0.1, 0.15) is 11.6 Å². The van der Waals surface area contributed by atoms with Crippen molar-refractivity contribution in [2.45, 2.75) is 19.8 Å². The molecule has 0 aliphatic carbocycles. The monoisotopic (exact) mass is 453 g/mol. The zero-order valence-electron chi connectivity index (χ0n) is 16.9.